The summed E-state index contributed by atoms with van der Waals surface area (Å²) in [6.07, 6.45) is 0. The van der Waals surface area contributed by atoms with Crippen molar-refractivity contribution in [1.82, 2.24) is 0 Å². The van der Waals surface area contributed by atoms with E-state index < -0.39 is 5.97 Å². The lowest BCUT2D eigenvalue weighted by molar-refractivity contribution is 0.0602. The molecular formula is C14H10N2O3S. The minimum Gasteiger partial charge on any atom is -0.465 e. The number of anilines is 1. The van der Waals surface area contributed by atoms with E-state index in [1.165, 1.54) is 18.4 Å². The van der Waals surface area contributed by atoms with Crippen LogP contribution in [0.1, 0.15) is 20.7 Å². The molecule has 0 aliphatic heterocycles. The van der Waals surface area contributed by atoms with E-state index in [1.807, 2.05) is 0 Å². The quantitative estimate of drug-likeness (QED) is 0.695. The molecule has 0 unspecified atom stereocenters. The number of amides is 1. The zero-order valence-electron chi connectivity index (χ0n) is 10.5. The third-order valence-electron chi connectivity index (χ3n) is 2.56. The van der Waals surface area contributed by atoms with Gasteiger partial charge in [0.2, 0.25) is 0 Å². The Morgan fingerprint density at radius 1 is 1.25 bits per heavy atom. The number of hydrogen-bond acceptors (Lipinski definition) is 4. The number of esters is 1. The van der Waals surface area contributed by atoms with Crippen molar-refractivity contribution in [3.05, 3.63) is 58.3 Å². The van der Waals surface area contributed by atoms with E-state index in [4.69, 9.17) is 6.57 Å². The van der Waals surface area contributed by atoms with E-state index in [0.29, 0.717) is 21.8 Å². The van der Waals surface area contributed by atoms with Gasteiger partial charge in [-0.1, -0.05) is 24.3 Å². The normalized spacial score (nSPS) is 9.60. The molecule has 2 rings (SSSR count). The molecule has 0 aliphatic carbocycles. The first-order valence-corrected chi connectivity index (χ1v) is 6.48. The molecule has 0 aliphatic rings. The Morgan fingerprint density at radius 2 is 1.95 bits per heavy atom. The van der Waals surface area contributed by atoms with Crippen LogP contribution in [0.5, 0.6) is 0 Å². The molecule has 5 nitrogen and oxygen atoms in total. The highest BCUT2D eigenvalue weighted by molar-refractivity contribution is 7.14. The van der Waals surface area contributed by atoms with Gasteiger partial charge in [0.15, 0.2) is 5.69 Å². The van der Waals surface area contributed by atoms with Crippen molar-refractivity contribution in [2.45, 2.75) is 0 Å². The van der Waals surface area contributed by atoms with Crippen molar-refractivity contribution in [1.29, 1.82) is 0 Å². The second-order valence-corrected chi connectivity index (χ2v) is 4.68. The summed E-state index contributed by atoms with van der Waals surface area (Å²) in [6.45, 7) is 6.85. The lowest BCUT2D eigenvalue weighted by atomic mass is 10.2. The van der Waals surface area contributed by atoms with Crippen molar-refractivity contribution >= 4 is 33.9 Å². The zero-order chi connectivity index (χ0) is 14.5. The maximum Gasteiger partial charge on any atom is 0.340 e. The highest BCUT2D eigenvalue weighted by Gasteiger charge is 2.16. The molecule has 1 aromatic heterocycles. The molecule has 1 N–H and O–H groups in total. The fraction of sp³-hybridized carbons (Fsp3) is 0.0714. The second-order valence-electron chi connectivity index (χ2n) is 3.77. The zero-order valence-corrected chi connectivity index (χ0v) is 11.4. The SMILES string of the molecule is [C-]#[N+]c1ccc(C(=O)Nc2sccc2C(=O)OC)cc1. The number of hydrogen-bond donors (Lipinski definition) is 1. The summed E-state index contributed by atoms with van der Waals surface area (Å²) in [7, 11) is 1.29. The highest BCUT2D eigenvalue weighted by atomic mass is 32.1. The van der Waals surface area contributed by atoms with Crippen LogP contribution in [0.15, 0.2) is 35.7 Å². The van der Waals surface area contributed by atoms with Gasteiger partial charge in [0, 0.05) is 5.56 Å². The van der Waals surface area contributed by atoms with Crippen LogP contribution in [0.2, 0.25) is 0 Å². The van der Waals surface area contributed by atoms with Gasteiger partial charge >= 0.3 is 5.97 Å². The third kappa shape index (κ3) is 2.84. The van der Waals surface area contributed by atoms with Crippen molar-refractivity contribution < 1.29 is 14.3 Å². The Hall–Kier alpha value is -2.65. The molecule has 20 heavy (non-hydrogen) atoms. The predicted octanol–water partition coefficient (Wildman–Crippen LogP) is 3.34. The first-order valence-electron chi connectivity index (χ1n) is 5.60. The maximum atomic E-state index is 12.0. The van der Waals surface area contributed by atoms with Gasteiger partial charge in [0.05, 0.1) is 19.2 Å². The Balaban J connectivity index is 2.17. The standard InChI is InChI=1S/C14H10N2O3S/c1-15-10-5-3-9(4-6-10)12(17)16-13-11(7-8-20-13)14(18)19-2/h3-8H,2H3,(H,16,17). The second kappa shape index (κ2) is 5.99. The van der Waals surface area contributed by atoms with Gasteiger partial charge in [0.25, 0.3) is 5.91 Å². The predicted molar refractivity (Wildman–Crippen MR) is 76.3 cm³/mol. The van der Waals surface area contributed by atoms with E-state index >= 15 is 0 Å². The number of nitrogens with one attached hydrogen (secondary N) is 1. The molecule has 2 aromatic rings. The van der Waals surface area contributed by atoms with Crippen LogP contribution in [0.25, 0.3) is 4.85 Å². The van der Waals surface area contributed by atoms with E-state index in [-0.39, 0.29) is 5.91 Å². The lowest BCUT2D eigenvalue weighted by Crippen LogP contribution is -2.13. The van der Waals surface area contributed by atoms with Gasteiger partial charge in [0.1, 0.15) is 5.00 Å². The van der Waals surface area contributed by atoms with Gasteiger partial charge in [-0.2, -0.15) is 0 Å². The molecule has 0 fully saturated rings. The van der Waals surface area contributed by atoms with Gasteiger partial charge in [-0.25, -0.2) is 9.64 Å². The smallest absolute Gasteiger partial charge is 0.340 e. The van der Waals surface area contributed by atoms with Crippen LogP contribution in [-0.4, -0.2) is 19.0 Å². The summed E-state index contributed by atoms with van der Waals surface area (Å²) < 4.78 is 4.64. The first-order chi connectivity index (χ1) is 9.65. The van der Waals surface area contributed by atoms with Gasteiger partial charge in [-0.3, -0.25) is 4.79 Å². The summed E-state index contributed by atoms with van der Waals surface area (Å²) in [5.74, 6) is -0.834. The topological polar surface area (TPSA) is 59.8 Å². The van der Waals surface area contributed by atoms with Gasteiger partial charge in [-0.05, 0) is 11.4 Å². The largest absolute Gasteiger partial charge is 0.465 e. The van der Waals surface area contributed by atoms with E-state index in [9.17, 15) is 9.59 Å². The fourth-order valence-electron chi connectivity index (χ4n) is 1.54. The average molecular weight is 286 g/mol. The van der Waals surface area contributed by atoms with Crippen molar-refractivity contribution in [3.8, 4) is 0 Å². The molecule has 0 radical (unpaired) electrons. The lowest BCUT2D eigenvalue weighted by Gasteiger charge is -2.05. The average Bonchev–Trinajstić information content (AvgIpc) is 2.94. The Morgan fingerprint density at radius 3 is 2.55 bits per heavy atom. The van der Waals surface area contributed by atoms with Gasteiger partial charge in [-0.15, -0.1) is 11.3 Å². The van der Waals surface area contributed by atoms with Crippen molar-refractivity contribution in [3.63, 3.8) is 0 Å². The van der Waals surface area contributed by atoms with Crippen LogP contribution in [-0.2, 0) is 4.74 Å². The summed E-state index contributed by atoms with van der Waals surface area (Å²) >= 11 is 1.24. The van der Waals surface area contributed by atoms with Crippen LogP contribution in [0.3, 0.4) is 0 Å². The molecule has 1 amide bonds. The fourth-order valence-corrected chi connectivity index (χ4v) is 2.31. The number of ether oxygens (including phenoxy) is 1. The molecule has 0 bridgehead atoms. The summed E-state index contributed by atoms with van der Waals surface area (Å²) in [5.41, 5.74) is 1.21. The number of nitrogens with zero attached hydrogens (tertiary/aromatic N) is 1. The number of thiophene rings is 1. The summed E-state index contributed by atoms with van der Waals surface area (Å²) in [4.78, 5) is 26.8. The van der Waals surface area contributed by atoms with Crippen LogP contribution >= 0.6 is 11.3 Å². The monoisotopic (exact) mass is 286 g/mol. The molecule has 1 heterocycles. The molecule has 0 saturated heterocycles. The maximum absolute atomic E-state index is 12.0. The van der Waals surface area contributed by atoms with E-state index in [1.54, 1.807) is 35.7 Å². The minimum absolute atomic E-state index is 0.323. The van der Waals surface area contributed by atoms with E-state index in [0.717, 1.165) is 0 Å². The molecule has 0 saturated carbocycles. The Bertz CT molecular complexity index is 683. The third-order valence-corrected chi connectivity index (χ3v) is 3.39. The summed E-state index contributed by atoms with van der Waals surface area (Å²) in [5, 5.41) is 4.80. The van der Waals surface area contributed by atoms with Crippen LogP contribution < -0.4 is 5.32 Å². The molecule has 100 valence electrons. The Kier molecular flexibility index (Phi) is 4.13. The van der Waals surface area contributed by atoms with Gasteiger partial charge < -0.3 is 10.1 Å². The number of rotatable bonds is 3. The molecule has 0 spiro atoms. The number of benzene rings is 1. The first kappa shape index (κ1) is 13.8. The van der Waals surface area contributed by atoms with Crippen molar-refractivity contribution in [2.75, 3.05) is 12.4 Å². The molecule has 6 heteroatoms. The van der Waals surface area contributed by atoms with E-state index in [2.05, 4.69) is 14.9 Å². The summed E-state index contributed by atoms with van der Waals surface area (Å²) in [6, 6.07) is 7.85. The number of methoxy groups -OCH3 is 1. The number of carbonyl (C=O) groups excluding carboxylic acids is 2. The van der Waals surface area contributed by atoms with Crippen molar-refractivity contribution in [2.24, 2.45) is 0 Å². The molecular weight excluding hydrogens is 276 g/mol. The Labute approximate surface area is 119 Å². The van der Waals surface area contributed by atoms with Crippen LogP contribution in [0.4, 0.5) is 10.7 Å². The van der Waals surface area contributed by atoms with Crippen LogP contribution in [0, 0.1) is 6.57 Å². The molecule has 0 atom stereocenters. The minimum atomic E-state index is -0.495. The number of carbonyl (C=O) groups is 2. The highest BCUT2D eigenvalue weighted by Crippen LogP contribution is 2.24. The molecule has 1 aromatic carbocycles.